The number of nitrogen functional groups attached to an aromatic ring is 1. The van der Waals surface area contributed by atoms with Crippen molar-refractivity contribution < 1.29 is 4.79 Å². The van der Waals surface area contributed by atoms with Crippen LogP contribution >= 0.6 is 0 Å². The van der Waals surface area contributed by atoms with Crippen molar-refractivity contribution in [3.05, 3.63) is 41.7 Å². The molecule has 39 heavy (non-hydrogen) atoms. The number of imidazole rings is 1. The third-order valence-corrected chi connectivity index (χ3v) is 7.86. The van der Waals surface area contributed by atoms with Gasteiger partial charge in [0.05, 0.1) is 12.4 Å². The van der Waals surface area contributed by atoms with E-state index in [4.69, 9.17) is 5.73 Å². The number of likely N-dealkylation sites (N-methyl/N-ethyl adjacent to an activating group) is 2. The molecule has 3 N–H and O–H groups in total. The predicted molar refractivity (Wildman–Crippen MR) is 154 cm³/mol. The van der Waals surface area contributed by atoms with Crippen LogP contribution in [0.2, 0.25) is 0 Å². The highest BCUT2D eigenvalue weighted by atomic mass is 16.2. The average Bonchev–Trinajstić information content (AvgIpc) is 3.35. The van der Waals surface area contributed by atoms with E-state index in [-0.39, 0.29) is 17.9 Å². The third kappa shape index (κ3) is 6.66. The monoisotopic (exact) mass is 534 g/mol. The first-order chi connectivity index (χ1) is 18.9. The van der Waals surface area contributed by atoms with E-state index in [1.807, 2.05) is 35.8 Å². The van der Waals surface area contributed by atoms with Crippen molar-refractivity contribution in [2.45, 2.75) is 51.2 Å². The highest BCUT2D eigenvalue weighted by Crippen LogP contribution is 2.30. The van der Waals surface area contributed by atoms with Gasteiger partial charge in [-0.2, -0.15) is 9.97 Å². The summed E-state index contributed by atoms with van der Waals surface area (Å²) in [6.07, 6.45) is 7.14. The lowest BCUT2D eigenvalue weighted by atomic mass is 9.95. The number of carbonyl (C=O) groups excluding carboxylic acids is 1. The number of nitrogens with one attached hydrogen (secondary N) is 1. The summed E-state index contributed by atoms with van der Waals surface area (Å²) in [7, 11) is 6.24. The summed E-state index contributed by atoms with van der Waals surface area (Å²) < 4.78 is 2.00. The number of anilines is 2. The zero-order chi connectivity index (χ0) is 27.4. The van der Waals surface area contributed by atoms with Gasteiger partial charge in [-0.3, -0.25) is 20.1 Å². The Kier molecular flexibility index (Phi) is 8.59. The number of nitrogens with zero attached hydrogens (tertiary/aromatic N) is 8. The van der Waals surface area contributed by atoms with E-state index in [0.717, 1.165) is 71.5 Å². The number of carbonyl (C=O) groups is 1. The molecule has 11 heteroatoms. The van der Waals surface area contributed by atoms with Gasteiger partial charge in [0, 0.05) is 51.4 Å². The smallest absolute Gasteiger partial charge is 0.269 e. The molecule has 0 bridgehead atoms. The van der Waals surface area contributed by atoms with Crippen LogP contribution in [0.25, 0.3) is 11.2 Å². The lowest BCUT2D eigenvalue weighted by Crippen LogP contribution is -2.50. The number of piperazine rings is 1. The Balaban J connectivity index is 1.37. The Bertz CT molecular complexity index is 1240. The third-order valence-electron chi connectivity index (χ3n) is 7.86. The highest BCUT2D eigenvalue weighted by Gasteiger charge is 2.28. The number of aromatic nitrogens is 4. The molecule has 1 saturated carbocycles. The van der Waals surface area contributed by atoms with Crippen LogP contribution in [0.1, 0.15) is 48.0 Å². The maximum absolute atomic E-state index is 13.5. The predicted octanol–water partition coefficient (Wildman–Crippen LogP) is 2.20. The molecule has 1 aliphatic heterocycles. The maximum Gasteiger partial charge on any atom is 0.269 e. The highest BCUT2D eigenvalue weighted by molar-refractivity contribution is 5.96. The maximum atomic E-state index is 13.5. The van der Waals surface area contributed by atoms with Gasteiger partial charge in [0.2, 0.25) is 5.95 Å². The second-order valence-corrected chi connectivity index (χ2v) is 11.2. The minimum absolute atomic E-state index is 0.114. The van der Waals surface area contributed by atoms with Crippen molar-refractivity contribution in [1.82, 2.24) is 39.6 Å². The molecule has 1 aliphatic carbocycles. The summed E-state index contributed by atoms with van der Waals surface area (Å²) in [4.78, 5) is 34.2. The molecular formula is C28H42N10O. The summed E-state index contributed by atoms with van der Waals surface area (Å²) in [5.74, 6) is 0.574. The summed E-state index contributed by atoms with van der Waals surface area (Å²) in [6, 6.07) is 8.07. The van der Waals surface area contributed by atoms with Gasteiger partial charge in [0.25, 0.3) is 5.91 Å². The Labute approximate surface area is 231 Å². The van der Waals surface area contributed by atoms with Crippen LogP contribution in [-0.4, -0.2) is 100 Å². The van der Waals surface area contributed by atoms with Gasteiger partial charge < -0.3 is 20.1 Å². The zero-order valence-electron chi connectivity index (χ0n) is 23.5. The zero-order valence-corrected chi connectivity index (χ0v) is 23.5. The molecule has 2 aromatic heterocycles. The van der Waals surface area contributed by atoms with Crippen molar-refractivity contribution in [3.63, 3.8) is 0 Å². The van der Waals surface area contributed by atoms with Gasteiger partial charge in [0.15, 0.2) is 17.0 Å². The molecule has 3 heterocycles. The summed E-state index contributed by atoms with van der Waals surface area (Å²) in [6.45, 7) is 6.79. The number of benzene rings is 1. The van der Waals surface area contributed by atoms with Gasteiger partial charge in [-0.05, 0) is 51.7 Å². The molecule has 2 aliphatic rings. The Hall–Kier alpha value is -3.28. The van der Waals surface area contributed by atoms with E-state index in [0.29, 0.717) is 22.5 Å². The van der Waals surface area contributed by atoms with Crippen LogP contribution in [0.4, 0.5) is 11.8 Å². The number of amides is 1. The molecule has 0 atom stereocenters. The summed E-state index contributed by atoms with van der Waals surface area (Å²) >= 11 is 0. The Morgan fingerprint density at radius 1 is 1.05 bits per heavy atom. The van der Waals surface area contributed by atoms with Gasteiger partial charge in [-0.25, -0.2) is 4.98 Å². The lowest BCUT2D eigenvalue weighted by Gasteiger charge is -2.35. The van der Waals surface area contributed by atoms with Gasteiger partial charge in [0.1, 0.15) is 0 Å². The first kappa shape index (κ1) is 27.3. The molecule has 0 radical (unpaired) electrons. The van der Waals surface area contributed by atoms with Crippen LogP contribution in [0.3, 0.4) is 0 Å². The Morgan fingerprint density at radius 2 is 1.77 bits per heavy atom. The normalized spacial score (nSPS) is 17.6. The molecule has 1 saturated heterocycles. The number of hydrogen-bond donors (Lipinski definition) is 2. The quantitative estimate of drug-likeness (QED) is 0.399. The van der Waals surface area contributed by atoms with Crippen molar-refractivity contribution in [1.29, 1.82) is 0 Å². The van der Waals surface area contributed by atoms with Crippen LogP contribution < -0.4 is 16.2 Å². The fourth-order valence-electron chi connectivity index (χ4n) is 5.44. The number of nitrogens with two attached hydrogens (primary N) is 1. The molecule has 0 spiro atoms. The molecule has 2 fully saturated rings. The van der Waals surface area contributed by atoms with E-state index in [9.17, 15) is 4.79 Å². The van der Waals surface area contributed by atoms with Crippen LogP contribution in [0.5, 0.6) is 0 Å². The standard InChI is InChI=1S/C28H42N10O/c1-34(2)13-18-37-20-30-24-25(37)31-28(29)32-26(24)38(23-7-5-4-6-8-23)33-27(39)22-11-9-21(10-12-22)19-36-16-14-35(3)15-17-36/h9-12,20,23H,4-8,13-19H2,1-3H3,(H,33,39)(H2,29,31,32). The van der Waals surface area contributed by atoms with E-state index < -0.39 is 0 Å². The van der Waals surface area contributed by atoms with E-state index in [1.165, 1.54) is 12.0 Å². The lowest BCUT2D eigenvalue weighted by molar-refractivity contribution is 0.0941. The molecule has 5 rings (SSSR count). The SMILES string of the molecule is CN(C)CCn1cnc2c(N(NC(=O)c3ccc(CN4CCN(C)CC4)cc3)C3CCCCC3)nc(N)nc21. The van der Waals surface area contributed by atoms with Crippen molar-refractivity contribution >= 4 is 28.8 Å². The first-order valence-corrected chi connectivity index (χ1v) is 14.1. The topological polar surface area (TPSA) is 112 Å². The first-order valence-electron chi connectivity index (χ1n) is 14.1. The fourth-order valence-corrected chi connectivity index (χ4v) is 5.44. The number of rotatable bonds is 9. The second kappa shape index (κ2) is 12.3. The second-order valence-electron chi connectivity index (χ2n) is 11.2. The van der Waals surface area contributed by atoms with Crippen molar-refractivity contribution in [2.75, 3.05) is 64.6 Å². The van der Waals surface area contributed by atoms with Gasteiger partial charge in [-0.1, -0.05) is 31.4 Å². The number of hydrazine groups is 1. The minimum Gasteiger partial charge on any atom is -0.368 e. The largest absolute Gasteiger partial charge is 0.368 e. The number of fused-ring (bicyclic) bond motifs is 1. The summed E-state index contributed by atoms with van der Waals surface area (Å²) in [5.41, 5.74) is 12.5. The minimum atomic E-state index is -0.163. The molecule has 0 unspecified atom stereocenters. The van der Waals surface area contributed by atoms with E-state index in [2.05, 4.69) is 54.3 Å². The van der Waals surface area contributed by atoms with Gasteiger partial charge in [-0.15, -0.1) is 0 Å². The molecule has 1 amide bonds. The number of hydrogen-bond acceptors (Lipinski definition) is 9. The van der Waals surface area contributed by atoms with Crippen LogP contribution in [-0.2, 0) is 13.1 Å². The van der Waals surface area contributed by atoms with Crippen LogP contribution in [0, 0.1) is 0 Å². The van der Waals surface area contributed by atoms with Crippen molar-refractivity contribution in [2.24, 2.45) is 0 Å². The summed E-state index contributed by atoms with van der Waals surface area (Å²) in [5, 5.41) is 1.91. The van der Waals surface area contributed by atoms with Crippen LogP contribution in [0.15, 0.2) is 30.6 Å². The molecule has 11 nitrogen and oxygen atoms in total. The van der Waals surface area contributed by atoms with Gasteiger partial charge >= 0.3 is 0 Å². The fraction of sp³-hybridized carbons (Fsp3) is 0.571. The molecule has 210 valence electrons. The molecule has 1 aromatic carbocycles. The van der Waals surface area contributed by atoms with Crippen molar-refractivity contribution in [3.8, 4) is 0 Å². The Morgan fingerprint density at radius 3 is 2.46 bits per heavy atom. The van der Waals surface area contributed by atoms with E-state index >= 15 is 0 Å². The average molecular weight is 535 g/mol. The molecule has 3 aromatic rings. The molecular weight excluding hydrogens is 492 g/mol. The van der Waals surface area contributed by atoms with E-state index in [1.54, 1.807) is 6.33 Å².